The first-order chi connectivity index (χ1) is 11.3. The van der Waals surface area contributed by atoms with Gasteiger partial charge in [0.25, 0.3) is 0 Å². The van der Waals surface area contributed by atoms with Crippen LogP contribution in [-0.4, -0.2) is 19.5 Å². The predicted molar refractivity (Wildman–Crippen MR) is 90.5 cm³/mol. The van der Waals surface area contributed by atoms with Gasteiger partial charge in [0.15, 0.2) is 0 Å². The van der Waals surface area contributed by atoms with E-state index in [9.17, 15) is 0 Å². The summed E-state index contributed by atoms with van der Waals surface area (Å²) in [5, 5.41) is 0. The van der Waals surface area contributed by atoms with Crippen LogP contribution in [0.25, 0.3) is 33.9 Å². The van der Waals surface area contributed by atoms with Gasteiger partial charge in [-0.25, -0.2) is 9.97 Å². The van der Waals surface area contributed by atoms with Gasteiger partial charge in [-0.1, -0.05) is 36.4 Å². The van der Waals surface area contributed by atoms with Gasteiger partial charge in [0.2, 0.25) is 0 Å². The quantitative estimate of drug-likeness (QED) is 0.622. The van der Waals surface area contributed by atoms with Gasteiger partial charge in [-0.15, -0.1) is 0 Å². The van der Waals surface area contributed by atoms with E-state index in [-0.39, 0.29) is 0 Å². The summed E-state index contributed by atoms with van der Waals surface area (Å²) in [4.78, 5) is 11.8. The number of H-pyrrole nitrogens is 1. The summed E-state index contributed by atoms with van der Waals surface area (Å²) < 4.78 is 2.01. The number of hydrogen-bond acceptors (Lipinski definition) is 2. The van der Waals surface area contributed by atoms with E-state index in [2.05, 4.69) is 51.4 Å². The SMILES string of the molecule is Cn1ccnc1-c1cc[c]c(-c2ccc(-c3ncc[nH]3)cc2)c1. The van der Waals surface area contributed by atoms with E-state index in [0.29, 0.717) is 0 Å². The van der Waals surface area contributed by atoms with Gasteiger partial charge in [-0.2, -0.15) is 0 Å². The minimum Gasteiger partial charge on any atom is -0.345 e. The van der Waals surface area contributed by atoms with Crippen LogP contribution in [0.4, 0.5) is 0 Å². The second kappa shape index (κ2) is 5.57. The van der Waals surface area contributed by atoms with Gasteiger partial charge in [-0.3, -0.25) is 0 Å². The molecule has 0 aliphatic carbocycles. The number of aryl methyl sites for hydroxylation is 1. The third-order valence-corrected chi connectivity index (χ3v) is 3.85. The lowest BCUT2D eigenvalue weighted by Crippen LogP contribution is -1.91. The van der Waals surface area contributed by atoms with Crippen LogP contribution in [0.3, 0.4) is 0 Å². The molecule has 2 heterocycles. The van der Waals surface area contributed by atoms with Crippen LogP contribution in [-0.2, 0) is 7.05 Å². The van der Waals surface area contributed by atoms with Crippen LogP contribution < -0.4 is 0 Å². The average molecular weight is 299 g/mol. The summed E-state index contributed by atoms with van der Waals surface area (Å²) in [5.74, 6) is 1.83. The molecule has 4 rings (SSSR count). The van der Waals surface area contributed by atoms with E-state index < -0.39 is 0 Å². The normalized spacial score (nSPS) is 10.8. The lowest BCUT2D eigenvalue weighted by Gasteiger charge is -2.06. The minimum atomic E-state index is 0.877. The molecule has 0 saturated heterocycles. The molecule has 2 aromatic carbocycles. The Bertz CT molecular complexity index is 918. The molecule has 0 spiro atoms. The number of imidazole rings is 2. The third-order valence-electron chi connectivity index (χ3n) is 3.85. The van der Waals surface area contributed by atoms with Gasteiger partial charge < -0.3 is 9.55 Å². The molecule has 0 amide bonds. The molecule has 0 aliphatic heterocycles. The van der Waals surface area contributed by atoms with Crippen molar-refractivity contribution < 1.29 is 0 Å². The second-order valence-corrected chi connectivity index (χ2v) is 5.37. The van der Waals surface area contributed by atoms with Crippen molar-refractivity contribution >= 4 is 0 Å². The molecule has 0 atom stereocenters. The van der Waals surface area contributed by atoms with E-state index in [4.69, 9.17) is 0 Å². The fourth-order valence-electron chi connectivity index (χ4n) is 2.65. The molecule has 2 aromatic heterocycles. The van der Waals surface area contributed by atoms with Gasteiger partial charge in [0.05, 0.1) is 0 Å². The Labute approximate surface area is 134 Å². The van der Waals surface area contributed by atoms with Crippen molar-refractivity contribution in [2.24, 2.45) is 7.05 Å². The first kappa shape index (κ1) is 13.5. The Morgan fingerprint density at radius 1 is 0.957 bits per heavy atom. The van der Waals surface area contributed by atoms with Gasteiger partial charge in [-0.05, 0) is 23.3 Å². The third kappa shape index (κ3) is 2.55. The largest absolute Gasteiger partial charge is 0.345 e. The summed E-state index contributed by atoms with van der Waals surface area (Å²) in [5.41, 5.74) is 4.33. The molecule has 4 aromatic rings. The summed E-state index contributed by atoms with van der Waals surface area (Å²) in [6, 6.07) is 17.7. The highest BCUT2D eigenvalue weighted by Crippen LogP contribution is 2.26. The van der Waals surface area contributed by atoms with Crippen molar-refractivity contribution in [3.05, 3.63) is 73.3 Å². The summed E-state index contributed by atoms with van der Waals surface area (Å²) in [6.45, 7) is 0. The zero-order chi connectivity index (χ0) is 15.6. The average Bonchev–Trinajstić information content (AvgIpc) is 3.27. The first-order valence-corrected chi connectivity index (χ1v) is 7.41. The van der Waals surface area contributed by atoms with E-state index in [1.54, 1.807) is 6.20 Å². The predicted octanol–water partition coefficient (Wildman–Crippen LogP) is 3.94. The smallest absolute Gasteiger partial charge is 0.139 e. The molecule has 111 valence electrons. The molecule has 1 N–H and O–H groups in total. The molecule has 23 heavy (non-hydrogen) atoms. The lowest BCUT2D eigenvalue weighted by molar-refractivity contribution is 0.925. The molecule has 1 radical (unpaired) electrons. The Balaban J connectivity index is 1.70. The number of nitrogens with one attached hydrogen (secondary N) is 1. The molecular formula is C19H15N4. The number of benzene rings is 2. The molecule has 0 saturated carbocycles. The molecule has 4 heteroatoms. The topological polar surface area (TPSA) is 46.5 Å². The zero-order valence-electron chi connectivity index (χ0n) is 12.7. The number of rotatable bonds is 3. The van der Waals surface area contributed by atoms with Crippen molar-refractivity contribution in [1.82, 2.24) is 19.5 Å². The maximum absolute atomic E-state index is 4.41. The van der Waals surface area contributed by atoms with Gasteiger partial charge in [0, 0.05) is 43.0 Å². The highest BCUT2D eigenvalue weighted by molar-refractivity contribution is 5.71. The first-order valence-electron chi connectivity index (χ1n) is 7.41. The van der Waals surface area contributed by atoms with Crippen molar-refractivity contribution in [3.8, 4) is 33.9 Å². The maximum Gasteiger partial charge on any atom is 0.139 e. The Kier molecular flexibility index (Phi) is 3.27. The van der Waals surface area contributed by atoms with Crippen LogP contribution in [0.15, 0.2) is 67.3 Å². The number of hydrogen-bond donors (Lipinski definition) is 1. The molecule has 0 bridgehead atoms. The summed E-state index contributed by atoms with van der Waals surface area (Å²) >= 11 is 0. The maximum atomic E-state index is 4.41. The molecule has 4 nitrogen and oxygen atoms in total. The fourth-order valence-corrected chi connectivity index (χ4v) is 2.65. The molecular weight excluding hydrogens is 284 g/mol. The molecule has 0 fully saturated rings. The van der Waals surface area contributed by atoms with Crippen molar-refractivity contribution in [2.45, 2.75) is 0 Å². The monoisotopic (exact) mass is 299 g/mol. The van der Waals surface area contributed by atoms with Crippen molar-refractivity contribution in [2.75, 3.05) is 0 Å². The summed E-state index contributed by atoms with van der Waals surface area (Å²) in [7, 11) is 2.00. The zero-order valence-corrected chi connectivity index (χ0v) is 12.7. The Hall–Kier alpha value is -3.14. The highest BCUT2D eigenvalue weighted by atomic mass is 15.0. The van der Waals surface area contributed by atoms with Gasteiger partial charge >= 0.3 is 0 Å². The van der Waals surface area contributed by atoms with E-state index in [1.807, 2.05) is 42.3 Å². The summed E-state index contributed by atoms with van der Waals surface area (Å²) in [6.07, 6.45) is 7.34. The van der Waals surface area contributed by atoms with E-state index >= 15 is 0 Å². The fraction of sp³-hybridized carbons (Fsp3) is 0.0526. The Morgan fingerprint density at radius 3 is 2.48 bits per heavy atom. The van der Waals surface area contributed by atoms with Gasteiger partial charge in [0.1, 0.15) is 11.6 Å². The van der Waals surface area contributed by atoms with Crippen molar-refractivity contribution in [1.29, 1.82) is 0 Å². The highest BCUT2D eigenvalue weighted by Gasteiger charge is 2.06. The van der Waals surface area contributed by atoms with Crippen LogP contribution in [0.5, 0.6) is 0 Å². The minimum absolute atomic E-state index is 0.877. The number of aromatic nitrogens is 4. The van der Waals surface area contributed by atoms with Crippen LogP contribution >= 0.6 is 0 Å². The Morgan fingerprint density at radius 2 is 1.78 bits per heavy atom. The van der Waals surface area contributed by atoms with Crippen LogP contribution in [0.2, 0.25) is 0 Å². The van der Waals surface area contributed by atoms with E-state index in [1.165, 1.54) is 0 Å². The van der Waals surface area contributed by atoms with E-state index in [0.717, 1.165) is 33.9 Å². The number of aromatic amines is 1. The van der Waals surface area contributed by atoms with Crippen LogP contribution in [0, 0.1) is 6.07 Å². The van der Waals surface area contributed by atoms with Crippen LogP contribution in [0.1, 0.15) is 0 Å². The number of nitrogens with zero attached hydrogens (tertiary/aromatic N) is 3. The molecule has 0 unspecified atom stereocenters. The second-order valence-electron chi connectivity index (χ2n) is 5.37. The van der Waals surface area contributed by atoms with Crippen molar-refractivity contribution in [3.63, 3.8) is 0 Å². The molecule has 0 aliphatic rings. The standard InChI is InChI=1S/C19H15N4/c1-23-12-11-22-19(23)17-4-2-3-16(13-17)14-5-7-15(8-6-14)18-20-9-10-21-18/h2,4-13H,1H3,(H,20,21). The lowest BCUT2D eigenvalue weighted by atomic mass is 10.0.